The van der Waals surface area contributed by atoms with E-state index < -0.39 is 0 Å². The van der Waals surface area contributed by atoms with Crippen molar-refractivity contribution in [1.29, 1.82) is 0 Å². The first-order valence-electron chi connectivity index (χ1n) is 10.7. The number of carbonyl (C=O) groups is 2. The van der Waals surface area contributed by atoms with Gasteiger partial charge in [0.2, 0.25) is 0 Å². The van der Waals surface area contributed by atoms with Crippen LogP contribution in [-0.4, -0.2) is 65.9 Å². The molecule has 1 aromatic carbocycles. The summed E-state index contributed by atoms with van der Waals surface area (Å²) >= 11 is 12.5. The summed E-state index contributed by atoms with van der Waals surface area (Å²) < 4.78 is 7.52. The van der Waals surface area contributed by atoms with Gasteiger partial charge in [0, 0.05) is 48.7 Å². The smallest absolute Gasteiger partial charge is 0.259 e. The van der Waals surface area contributed by atoms with Crippen molar-refractivity contribution in [3.05, 3.63) is 50.8 Å². The maximum absolute atomic E-state index is 13.1. The maximum atomic E-state index is 13.1. The molecule has 2 heterocycles. The number of nitrogens with zero attached hydrogens (tertiary/aromatic N) is 3. The highest BCUT2D eigenvalue weighted by Crippen LogP contribution is 2.35. The Kier molecular flexibility index (Phi) is 7.28. The van der Waals surface area contributed by atoms with Gasteiger partial charge in [0.05, 0.1) is 23.7 Å². The Hall–Kier alpha value is -2.02. The van der Waals surface area contributed by atoms with E-state index in [0.717, 1.165) is 17.0 Å². The topological polar surface area (TPSA) is 54.8 Å². The predicted molar refractivity (Wildman–Crippen MR) is 129 cm³/mol. The minimum Gasteiger partial charge on any atom is -0.494 e. The summed E-state index contributed by atoms with van der Waals surface area (Å²) in [5, 5.41) is 0.653. The number of ketones is 1. The fourth-order valence-corrected chi connectivity index (χ4v) is 5.03. The molecule has 2 aromatic rings. The van der Waals surface area contributed by atoms with Crippen molar-refractivity contribution in [2.75, 3.05) is 39.8 Å². The minimum absolute atomic E-state index is 0.0820. The third kappa shape index (κ3) is 4.82. The molecule has 1 saturated heterocycles. The molecule has 0 radical (unpaired) electrons. The molecule has 0 spiro atoms. The van der Waals surface area contributed by atoms with E-state index in [-0.39, 0.29) is 28.5 Å². The van der Waals surface area contributed by atoms with Crippen LogP contribution in [0.3, 0.4) is 0 Å². The van der Waals surface area contributed by atoms with Crippen molar-refractivity contribution in [2.24, 2.45) is 0 Å². The van der Waals surface area contributed by atoms with Crippen molar-refractivity contribution >= 4 is 34.9 Å². The predicted octanol–water partition coefficient (Wildman–Crippen LogP) is 4.82. The molecule has 0 N–H and O–H groups in total. The van der Waals surface area contributed by atoms with Gasteiger partial charge in [-0.15, -0.1) is 0 Å². The van der Waals surface area contributed by atoms with Crippen molar-refractivity contribution in [1.82, 2.24) is 14.4 Å². The first-order valence-corrected chi connectivity index (χ1v) is 11.5. The number of Topliss-reactive ketones (excluding diaryl/α,β-unsaturated/α-hetero) is 1. The summed E-state index contributed by atoms with van der Waals surface area (Å²) in [4.78, 5) is 30.0. The van der Waals surface area contributed by atoms with Gasteiger partial charge >= 0.3 is 0 Å². The summed E-state index contributed by atoms with van der Waals surface area (Å²) in [6, 6.07) is 5.19. The van der Waals surface area contributed by atoms with E-state index in [9.17, 15) is 9.59 Å². The quantitative estimate of drug-likeness (QED) is 0.577. The highest BCUT2D eigenvalue weighted by molar-refractivity contribution is 6.37. The Morgan fingerprint density at radius 3 is 2.16 bits per heavy atom. The zero-order chi connectivity index (χ0) is 23.8. The Balaban J connectivity index is 1.67. The van der Waals surface area contributed by atoms with E-state index in [4.69, 9.17) is 27.9 Å². The second-order valence-electron chi connectivity index (χ2n) is 9.22. The van der Waals surface area contributed by atoms with Crippen molar-refractivity contribution in [3.8, 4) is 5.75 Å². The van der Waals surface area contributed by atoms with E-state index in [1.54, 1.807) is 17.0 Å². The van der Waals surface area contributed by atoms with Crippen LogP contribution in [-0.2, 0) is 5.54 Å². The van der Waals surface area contributed by atoms with E-state index in [0.29, 0.717) is 42.8 Å². The Bertz CT molecular complexity index is 1030. The molecular weight excluding hydrogens is 449 g/mol. The van der Waals surface area contributed by atoms with Crippen molar-refractivity contribution < 1.29 is 14.3 Å². The Labute approximate surface area is 200 Å². The normalized spacial score (nSPS) is 15.2. The number of benzene rings is 1. The highest BCUT2D eigenvalue weighted by Gasteiger charge is 2.29. The second kappa shape index (κ2) is 9.46. The van der Waals surface area contributed by atoms with E-state index in [1.165, 1.54) is 7.11 Å². The first-order chi connectivity index (χ1) is 15.0. The molecule has 1 aliphatic rings. The number of halogens is 2. The number of carbonyl (C=O) groups excluding carboxylic acids is 2. The maximum Gasteiger partial charge on any atom is 0.259 e. The molecule has 0 atom stereocenters. The number of aromatic nitrogens is 1. The van der Waals surface area contributed by atoms with Gasteiger partial charge in [-0.25, -0.2) is 0 Å². The number of ether oxygens (including phenoxy) is 1. The average molecular weight is 480 g/mol. The van der Waals surface area contributed by atoms with Gasteiger partial charge in [0.25, 0.3) is 5.91 Å². The van der Waals surface area contributed by atoms with Crippen LogP contribution in [0, 0.1) is 13.8 Å². The number of aryl methyl sites for hydroxylation is 1. The van der Waals surface area contributed by atoms with Crippen LogP contribution in [0.5, 0.6) is 5.75 Å². The summed E-state index contributed by atoms with van der Waals surface area (Å²) in [6.07, 6.45) is 0. The standard InChI is InChI=1S/C24H31Cl2N3O3/c1-15-13-17(16(2)29(15)24(3,4)5)20(30)14-27-9-11-28(12-10-27)23(31)21-18(25)7-8-19(26)22(21)32-6/h7-8,13H,9-12,14H2,1-6H3. The fraction of sp³-hybridized carbons (Fsp3) is 0.500. The molecule has 1 fully saturated rings. The van der Waals surface area contributed by atoms with Gasteiger partial charge in [-0.1, -0.05) is 23.2 Å². The zero-order valence-electron chi connectivity index (χ0n) is 19.6. The van der Waals surface area contributed by atoms with Gasteiger partial charge in [0.1, 0.15) is 5.56 Å². The van der Waals surface area contributed by atoms with E-state index in [2.05, 4.69) is 30.2 Å². The monoisotopic (exact) mass is 479 g/mol. The lowest BCUT2D eigenvalue weighted by Gasteiger charge is -2.34. The zero-order valence-corrected chi connectivity index (χ0v) is 21.1. The summed E-state index contributed by atoms with van der Waals surface area (Å²) in [7, 11) is 1.47. The van der Waals surface area contributed by atoms with Gasteiger partial charge in [-0.05, 0) is 52.8 Å². The lowest BCUT2D eigenvalue weighted by molar-refractivity contribution is 0.0621. The minimum atomic E-state index is -0.214. The largest absolute Gasteiger partial charge is 0.494 e. The van der Waals surface area contributed by atoms with Crippen molar-refractivity contribution in [2.45, 2.75) is 40.2 Å². The molecule has 174 valence electrons. The molecule has 32 heavy (non-hydrogen) atoms. The lowest BCUT2D eigenvalue weighted by Crippen LogP contribution is -2.50. The number of methoxy groups -OCH3 is 1. The number of hydrogen-bond donors (Lipinski definition) is 0. The van der Waals surface area contributed by atoms with Gasteiger partial charge < -0.3 is 14.2 Å². The van der Waals surface area contributed by atoms with E-state index in [1.807, 2.05) is 19.9 Å². The molecule has 0 aliphatic carbocycles. The third-order valence-electron chi connectivity index (χ3n) is 5.91. The van der Waals surface area contributed by atoms with Crippen LogP contribution in [0.15, 0.2) is 18.2 Å². The molecule has 0 saturated carbocycles. The molecule has 1 amide bonds. The van der Waals surface area contributed by atoms with Crippen LogP contribution < -0.4 is 4.74 Å². The van der Waals surface area contributed by atoms with Gasteiger partial charge in [0.15, 0.2) is 11.5 Å². The summed E-state index contributed by atoms with van der Waals surface area (Å²) in [5.41, 5.74) is 3.05. The third-order valence-corrected chi connectivity index (χ3v) is 6.52. The second-order valence-corrected chi connectivity index (χ2v) is 10.0. The average Bonchev–Trinajstić information content (AvgIpc) is 3.03. The first kappa shape index (κ1) is 24.6. The molecule has 0 bridgehead atoms. The lowest BCUT2D eigenvalue weighted by atomic mass is 10.1. The Morgan fingerprint density at radius 1 is 1.03 bits per heavy atom. The van der Waals surface area contributed by atoms with Crippen molar-refractivity contribution in [3.63, 3.8) is 0 Å². The van der Waals surface area contributed by atoms with Crippen LogP contribution >= 0.6 is 23.2 Å². The number of hydrogen-bond acceptors (Lipinski definition) is 4. The fourth-order valence-electron chi connectivity index (χ4n) is 4.56. The molecule has 6 nitrogen and oxygen atoms in total. The molecule has 0 unspecified atom stereocenters. The highest BCUT2D eigenvalue weighted by atomic mass is 35.5. The summed E-state index contributed by atoms with van der Waals surface area (Å²) in [5.74, 6) is 0.179. The van der Waals surface area contributed by atoms with E-state index >= 15 is 0 Å². The van der Waals surface area contributed by atoms with Crippen LogP contribution in [0.1, 0.15) is 52.9 Å². The molecule has 3 rings (SSSR count). The molecule has 1 aromatic heterocycles. The molecular formula is C24H31Cl2N3O3. The number of amides is 1. The van der Waals surface area contributed by atoms with Crippen LogP contribution in [0.25, 0.3) is 0 Å². The van der Waals surface area contributed by atoms with Gasteiger partial charge in [-0.3, -0.25) is 14.5 Å². The number of rotatable bonds is 5. The SMILES string of the molecule is COc1c(Cl)ccc(Cl)c1C(=O)N1CCN(CC(=O)c2cc(C)n(C(C)(C)C)c2C)CC1. The molecule has 1 aliphatic heterocycles. The Morgan fingerprint density at radius 2 is 1.62 bits per heavy atom. The van der Waals surface area contributed by atoms with Crippen LogP contribution in [0.4, 0.5) is 0 Å². The molecule has 8 heteroatoms. The van der Waals surface area contributed by atoms with Gasteiger partial charge in [-0.2, -0.15) is 0 Å². The van der Waals surface area contributed by atoms with Crippen LogP contribution in [0.2, 0.25) is 10.0 Å². The number of piperazine rings is 1. The summed E-state index contributed by atoms with van der Waals surface area (Å²) in [6.45, 7) is 13.0.